The van der Waals surface area contributed by atoms with Crippen LogP contribution in [0.25, 0.3) is 0 Å². The third kappa shape index (κ3) is 3.11. The molecule has 0 aliphatic carbocycles. The number of likely N-dealkylation sites (tertiary alicyclic amines) is 1. The number of carbonyl (C=O) groups excluding carboxylic acids is 1. The summed E-state index contributed by atoms with van der Waals surface area (Å²) in [5, 5.41) is 1.17. The van der Waals surface area contributed by atoms with Gasteiger partial charge in [-0.15, -0.1) is 0 Å². The van der Waals surface area contributed by atoms with Crippen LogP contribution in [0.1, 0.15) is 31.7 Å². The Bertz CT molecular complexity index is 507. The van der Waals surface area contributed by atoms with E-state index in [9.17, 15) is 4.79 Å². The number of nitrogens with two attached hydrogens (primary N) is 1. The van der Waals surface area contributed by atoms with E-state index >= 15 is 0 Å². The molecular weight excluding hydrogens is 295 g/mol. The highest BCUT2D eigenvalue weighted by molar-refractivity contribution is 6.42. The second-order valence-corrected chi connectivity index (χ2v) is 6.33. The lowest BCUT2D eigenvalue weighted by Crippen LogP contribution is -2.58. The molecule has 5 heteroatoms. The van der Waals surface area contributed by atoms with Gasteiger partial charge in [0.15, 0.2) is 0 Å². The van der Waals surface area contributed by atoms with Crippen LogP contribution in [0.4, 0.5) is 0 Å². The molecule has 0 bridgehead atoms. The van der Waals surface area contributed by atoms with Gasteiger partial charge in [-0.25, -0.2) is 0 Å². The third-order valence-corrected chi connectivity index (χ3v) is 5.11. The number of piperidine rings is 1. The van der Waals surface area contributed by atoms with Gasteiger partial charge < -0.3 is 5.73 Å². The standard InChI is InChI=1S/C15H20Cl2N2O/c1-15(14(18)20)8-2-3-9-19(15)10-7-11-5-4-6-12(16)13(11)17/h4-6H,2-3,7-10H2,1H3,(H2,18,20). The second-order valence-electron chi connectivity index (χ2n) is 5.55. The molecule has 2 N–H and O–H groups in total. The Labute approximate surface area is 130 Å². The summed E-state index contributed by atoms with van der Waals surface area (Å²) in [6.45, 7) is 3.60. The van der Waals surface area contributed by atoms with Crippen LogP contribution in [-0.4, -0.2) is 29.4 Å². The van der Waals surface area contributed by atoms with Crippen LogP contribution < -0.4 is 5.73 Å². The largest absolute Gasteiger partial charge is 0.368 e. The molecular formula is C15H20Cl2N2O. The van der Waals surface area contributed by atoms with Gasteiger partial charge in [-0.05, 0) is 50.8 Å². The zero-order chi connectivity index (χ0) is 14.8. The summed E-state index contributed by atoms with van der Waals surface area (Å²) in [4.78, 5) is 13.9. The Balaban J connectivity index is 2.09. The summed E-state index contributed by atoms with van der Waals surface area (Å²) in [6.07, 6.45) is 3.74. The predicted octanol–water partition coefficient (Wildman–Crippen LogP) is 3.27. The van der Waals surface area contributed by atoms with Crippen LogP contribution in [0.5, 0.6) is 0 Å². The molecule has 1 aromatic rings. The smallest absolute Gasteiger partial charge is 0.237 e. The second kappa shape index (κ2) is 6.33. The minimum absolute atomic E-state index is 0.241. The van der Waals surface area contributed by atoms with Crippen molar-refractivity contribution in [3.8, 4) is 0 Å². The summed E-state index contributed by atoms with van der Waals surface area (Å²) in [5.74, 6) is -0.241. The van der Waals surface area contributed by atoms with E-state index in [0.717, 1.165) is 44.3 Å². The van der Waals surface area contributed by atoms with Gasteiger partial charge in [-0.1, -0.05) is 35.3 Å². The van der Waals surface area contributed by atoms with E-state index in [2.05, 4.69) is 4.90 Å². The van der Waals surface area contributed by atoms with E-state index < -0.39 is 5.54 Å². The number of rotatable bonds is 4. The molecule has 1 fully saturated rings. The van der Waals surface area contributed by atoms with Gasteiger partial charge in [0.1, 0.15) is 0 Å². The number of halogens is 2. The first kappa shape index (κ1) is 15.6. The van der Waals surface area contributed by atoms with Crippen molar-refractivity contribution in [2.24, 2.45) is 5.73 Å². The van der Waals surface area contributed by atoms with Crippen molar-refractivity contribution in [3.63, 3.8) is 0 Å². The third-order valence-electron chi connectivity index (χ3n) is 4.25. The fourth-order valence-corrected chi connectivity index (χ4v) is 3.23. The summed E-state index contributed by atoms with van der Waals surface area (Å²) in [6, 6.07) is 5.65. The van der Waals surface area contributed by atoms with Crippen molar-refractivity contribution in [1.82, 2.24) is 4.90 Å². The maximum atomic E-state index is 11.8. The van der Waals surface area contributed by atoms with Crippen molar-refractivity contribution < 1.29 is 4.79 Å². The molecule has 1 heterocycles. The first-order valence-corrected chi connectivity index (χ1v) is 7.68. The van der Waals surface area contributed by atoms with E-state index in [1.807, 2.05) is 19.1 Å². The van der Waals surface area contributed by atoms with E-state index in [4.69, 9.17) is 28.9 Å². The molecule has 1 aliphatic rings. The number of nitrogens with zero attached hydrogens (tertiary/aromatic N) is 1. The maximum absolute atomic E-state index is 11.8. The lowest BCUT2D eigenvalue weighted by atomic mass is 9.87. The van der Waals surface area contributed by atoms with Crippen molar-refractivity contribution in [2.75, 3.05) is 13.1 Å². The highest BCUT2D eigenvalue weighted by Crippen LogP contribution is 2.30. The Hall–Kier alpha value is -0.770. The monoisotopic (exact) mass is 314 g/mol. The summed E-state index contributed by atoms with van der Waals surface area (Å²) in [5.41, 5.74) is 6.06. The van der Waals surface area contributed by atoms with Crippen LogP contribution in [-0.2, 0) is 11.2 Å². The normalized spacial score (nSPS) is 23.8. The minimum Gasteiger partial charge on any atom is -0.368 e. The Morgan fingerprint density at radius 3 is 2.85 bits per heavy atom. The lowest BCUT2D eigenvalue weighted by molar-refractivity contribution is -0.131. The number of amides is 1. The number of carbonyl (C=O) groups is 1. The molecule has 1 amide bonds. The van der Waals surface area contributed by atoms with E-state index in [0.29, 0.717) is 10.0 Å². The van der Waals surface area contributed by atoms with Crippen molar-refractivity contribution in [3.05, 3.63) is 33.8 Å². The molecule has 2 rings (SSSR count). The number of hydrogen-bond donors (Lipinski definition) is 1. The predicted molar refractivity (Wildman–Crippen MR) is 83.2 cm³/mol. The fourth-order valence-electron chi connectivity index (χ4n) is 2.81. The van der Waals surface area contributed by atoms with E-state index in [1.165, 1.54) is 0 Å². The Kier molecular flexibility index (Phi) is 4.95. The van der Waals surface area contributed by atoms with Gasteiger partial charge in [0.25, 0.3) is 0 Å². The van der Waals surface area contributed by atoms with Crippen molar-refractivity contribution >= 4 is 29.1 Å². The summed E-state index contributed by atoms with van der Waals surface area (Å²) in [7, 11) is 0. The summed E-state index contributed by atoms with van der Waals surface area (Å²) < 4.78 is 0. The average molecular weight is 315 g/mol. The van der Waals surface area contributed by atoms with Crippen molar-refractivity contribution in [1.29, 1.82) is 0 Å². The maximum Gasteiger partial charge on any atom is 0.237 e. The molecule has 0 saturated carbocycles. The molecule has 1 aliphatic heterocycles. The minimum atomic E-state index is -0.538. The number of benzene rings is 1. The average Bonchev–Trinajstić information content (AvgIpc) is 2.42. The van der Waals surface area contributed by atoms with Crippen LogP contribution in [0.15, 0.2) is 18.2 Å². The van der Waals surface area contributed by atoms with Gasteiger partial charge in [-0.2, -0.15) is 0 Å². The quantitative estimate of drug-likeness (QED) is 0.927. The molecule has 1 atom stereocenters. The van der Waals surface area contributed by atoms with Crippen molar-refractivity contribution in [2.45, 2.75) is 38.1 Å². The molecule has 1 unspecified atom stereocenters. The Morgan fingerprint density at radius 2 is 2.15 bits per heavy atom. The molecule has 1 aromatic carbocycles. The van der Waals surface area contributed by atoms with Gasteiger partial charge in [0.05, 0.1) is 15.6 Å². The van der Waals surface area contributed by atoms with Crippen LogP contribution >= 0.6 is 23.2 Å². The molecule has 1 saturated heterocycles. The first-order valence-electron chi connectivity index (χ1n) is 6.93. The van der Waals surface area contributed by atoms with Crippen LogP contribution in [0, 0.1) is 0 Å². The molecule has 0 radical (unpaired) electrons. The zero-order valence-corrected chi connectivity index (χ0v) is 13.2. The highest BCUT2D eigenvalue weighted by Gasteiger charge is 2.39. The van der Waals surface area contributed by atoms with Gasteiger partial charge >= 0.3 is 0 Å². The van der Waals surface area contributed by atoms with E-state index in [-0.39, 0.29) is 5.91 Å². The zero-order valence-electron chi connectivity index (χ0n) is 11.7. The van der Waals surface area contributed by atoms with Gasteiger partial charge in [0.2, 0.25) is 5.91 Å². The molecule has 110 valence electrons. The van der Waals surface area contributed by atoms with Gasteiger partial charge in [0, 0.05) is 6.54 Å². The molecule has 20 heavy (non-hydrogen) atoms. The fraction of sp³-hybridized carbons (Fsp3) is 0.533. The van der Waals surface area contributed by atoms with Crippen LogP contribution in [0.3, 0.4) is 0 Å². The Morgan fingerprint density at radius 1 is 1.40 bits per heavy atom. The molecule has 0 aromatic heterocycles. The summed E-state index contributed by atoms with van der Waals surface area (Å²) >= 11 is 12.2. The number of hydrogen-bond acceptors (Lipinski definition) is 2. The molecule has 3 nitrogen and oxygen atoms in total. The highest BCUT2D eigenvalue weighted by atomic mass is 35.5. The number of primary amides is 1. The van der Waals surface area contributed by atoms with Gasteiger partial charge in [-0.3, -0.25) is 9.69 Å². The molecule has 0 spiro atoms. The lowest BCUT2D eigenvalue weighted by Gasteiger charge is -2.42. The topological polar surface area (TPSA) is 46.3 Å². The van der Waals surface area contributed by atoms with E-state index in [1.54, 1.807) is 6.07 Å². The van der Waals surface area contributed by atoms with Crippen LogP contribution in [0.2, 0.25) is 10.0 Å². The first-order chi connectivity index (χ1) is 9.45. The SMILES string of the molecule is CC1(C(N)=O)CCCCN1CCc1cccc(Cl)c1Cl.